The summed E-state index contributed by atoms with van der Waals surface area (Å²) in [7, 11) is 1.90. The number of nitrogens with one attached hydrogen (secondary N) is 1. The van der Waals surface area contributed by atoms with E-state index in [0.29, 0.717) is 36.7 Å². The topological polar surface area (TPSA) is 97.0 Å². The molecule has 1 aromatic rings. The van der Waals surface area contributed by atoms with E-state index in [1.165, 1.54) is 0 Å². The van der Waals surface area contributed by atoms with E-state index in [1.807, 2.05) is 20.9 Å². The van der Waals surface area contributed by atoms with Crippen molar-refractivity contribution in [2.45, 2.75) is 58.3 Å². The van der Waals surface area contributed by atoms with Crippen LogP contribution in [0, 0.1) is 5.92 Å². The molecule has 4 atom stereocenters. The van der Waals surface area contributed by atoms with Crippen molar-refractivity contribution in [2.75, 3.05) is 39.1 Å². The van der Waals surface area contributed by atoms with Crippen molar-refractivity contribution in [1.29, 1.82) is 0 Å². The summed E-state index contributed by atoms with van der Waals surface area (Å²) in [4.78, 5) is 15.2. The number of carbonyl (C=O) groups is 1. The monoisotopic (exact) mass is 407 g/mol. The SMILES string of the molecule is CNC[C@H]1OCCCC[C@@H](C)Oc2ccc(N)cc2C(=O)N([C@H](C)CO)C[C@H]1C. The fraction of sp³-hybridized carbons (Fsp3) is 0.682. The van der Waals surface area contributed by atoms with Crippen LogP contribution >= 0.6 is 0 Å². The minimum atomic E-state index is -0.334. The van der Waals surface area contributed by atoms with Crippen LogP contribution in [0.25, 0.3) is 0 Å². The van der Waals surface area contributed by atoms with Crippen LogP contribution in [0.15, 0.2) is 18.2 Å². The fourth-order valence-electron chi connectivity index (χ4n) is 3.63. The molecular weight excluding hydrogens is 370 g/mol. The van der Waals surface area contributed by atoms with E-state index in [0.717, 1.165) is 19.3 Å². The smallest absolute Gasteiger partial charge is 0.258 e. The summed E-state index contributed by atoms with van der Waals surface area (Å²) in [5.41, 5.74) is 6.93. The van der Waals surface area contributed by atoms with Gasteiger partial charge in [-0.3, -0.25) is 4.79 Å². The van der Waals surface area contributed by atoms with Gasteiger partial charge in [0.2, 0.25) is 0 Å². The highest BCUT2D eigenvalue weighted by atomic mass is 16.5. The molecule has 0 bridgehead atoms. The number of aliphatic hydroxyl groups excluding tert-OH is 1. The molecule has 0 fully saturated rings. The first-order valence-corrected chi connectivity index (χ1v) is 10.6. The molecule has 1 aliphatic rings. The Hall–Kier alpha value is -1.83. The Morgan fingerprint density at radius 3 is 2.79 bits per heavy atom. The van der Waals surface area contributed by atoms with E-state index in [4.69, 9.17) is 15.2 Å². The molecule has 29 heavy (non-hydrogen) atoms. The van der Waals surface area contributed by atoms with Gasteiger partial charge in [0, 0.05) is 31.3 Å². The summed E-state index contributed by atoms with van der Waals surface area (Å²) in [6.45, 7) is 7.67. The van der Waals surface area contributed by atoms with E-state index < -0.39 is 0 Å². The summed E-state index contributed by atoms with van der Waals surface area (Å²) in [5, 5.41) is 13.0. The molecule has 0 aliphatic carbocycles. The van der Waals surface area contributed by atoms with Crippen LogP contribution in [0.3, 0.4) is 0 Å². The highest BCUT2D eigenvalue weighted by Gasteiger charge is 2.29. The number of ether oxygens (including phenoxy) is 2. The first-order chi connectivity index (χ1) is 13.9. The lowest BCUT2D eigenvalue weighted by Gasteiger charge is -2.34. The molecule has 7 nitrogen and oxygen atoms in total. The molecular formula is C22H37N3O4. The van der Waals surface area contributed by atoms with Crippen LogP contribution in [0.2, 0.25) is 0 Å². The van der Waals surface area contributed by atoms with Crippen LogP contribution in [-0.2, 0) is 4.74 Å². The van der Waals surface area contributed by atoms with Crippen molar-refractivity contribution >= 4 is 11.6 Å². The molecule has 0 saturated heterocycles. The van der Waals surface area contributed by atoms with E-state index >= 15 is 0 Å². The Morgan fingerprint density at radius 2 is 2.10 bits per heavy atom. The Labute approximate surface area is 174 Å². The lowest BCUT2D eigenvalue weighted by Crippen LogP contribution is -2.47. The number of benzene rings is 1. The van der Waals surface area contributed by atoms with E-state index in [-0.39, 0.29) is 36.7 Å². The number of anilines is 1. The minimum Gasteiger partial charge on any atom is -0.490 e. The lowest BCUT2D eigenvalue weighted by atomic mass is 10.0. The number of nitrogens with zero attached hydrogens (tertiary/aromatic N) is 1. The first kappa shape index (κ1) is 23.4. The summed E-state index contributed by atoms with van der Waals surface area (Å²) < 4.78 is 12.2. The normalized spacial score (nSPS) is 25.6. The van der Waals surface area contributed by atoms with Crippen LogP contribution in [0.5, 0.6) is 5.75 Å². The first-order valence-electron chi connectivity index (χ1n) is 10.6. The molecule has 7 heteroatoms. The zero-order chi connectivity index (χ0) is 21.4. The van der Waals surface area contributed by atoms with Gasteiger partial charge in [0.25, 0.3) is 5.91 Å². The molecule has 2 rings (SSSR count). The average molecular weight is 408 g/mol. The maximum absolute atomic E-state index is 13.5. The molecule has 0 spiro atoms. The summed E-state index contributed by atoms with van der Waals surface area (Å²) in [6, 6.07) is 4.85. The minimum absolute atomic E-state index is 0.0156. The van der Waals surface area contributed by atoms with Gasteiger partial charge in [-0.2, -0.15) is 0 Å². The van der Waals surface area contributed by atoms with Gasteiger partial charge in [0.05, 0.1) is 30.4 Å². The number of likely N-dealkylation sites (N-methyl/N-ethyl adjacent to an activating group) is 1. The van der Waals surface area contributed by atoms with Gasteiger partial charge in [-0.25, -0.2) is 0 Å². The van der Waals surface area contributed by atoms with Crippen molar-refractivity contribution in [2.24, 2.45) is 5.92 Å². The maximum Gasteiger partial charge on any atom is 0.258 e. The highest BCUT2D eigenvalue weighted by molar-refractivity contribution is 5.98. The number of aliphatic hydroxyl groups is 1. The number of fused-ring (bicyclic) bond motifs is 1. The van der Waals surface area contributed by atoms with Gasteiger partial charge in [-0.05, 0) is 58.4 Å². The number of nitrogens with two attached hydrogens (primary N) is 1. The molecule has 1 aromatic carbocycles. The van der Waals surface area contributed by atoms with Gasteiger partial charge >= 0.3 is 0 Å². The number of carbonyl (C=O) groups excluding carboxylic acids is 1. The van der Waals surface area contributed by atoms with E-state index in [1.54, 1.807) is 23.1 Å². The highest BCUT2D eigenvalue weighted by Crippen LogP contribution is 2.27. The van der Waals surface area contributed by atoms with Gasteiger partial charge in [-0.15, -0.1) is 0 Å². The van der Waals surface area contributed by atoms with Crippen molar-refractivity contribution in [1.82, 2.24) is 10.2 Å². The van der Waals surface area contributed by atoms with Crippen molar-refractivity contribution in [3.05, 3.63) is 23.8 Å². The van der Waals surface area contributed by atoms with E-state index in [9.17, 15) is 9.90 Å². The number of amides is 1. The molecule has 1 amide bonds. The Morgan fingerprint density at radius 1 is 1.34 bits per heavy atom. The lowest BCUT2D eigenvalue weighted by molar-refractivity contribution is -0.000449. The van der Waals surface area contributed by atoms with Crippen LogP contribution in [-0.4, -0.2) is 67.5 Å². The predicted octanol–water partition coefficient (Wildman–Crippen LogP) is 2.28. The van der Waals surface area contributed by atoms with Gasteiger partial charge in [0.1, 0.15) is 5.75 Å². The second kappa shape index (κ2) is 11.4. The van der Waals surface area contributed by atoms with Crippen molar-refractivity contribution in [3.8, 4) is 5.75 Å². The van der Waals surface area contributed by atoms with Gasteiger partial charge < -0.3 is 30.5 Å². The fourth-order valence-corrected chi connectivity index (χ4v) is 3.63. The third-order valence-electron chi connectivity index (χ3n) is 5.48. The Bertz CT molecular complexity index is 655. The molecule has 0 radical (unpaired) electrons. The summed E-state index contributed by atoms with van der Waals surface area (Å²) in [5.74, 6) is 0.445. The molecule has 4 N–H and O–H groups in total. The number of hydrogen-bond donors (Lipinski definition) is 3. The van der Waals surface area contributed by atoms with Crippen molar-refractivity contribution in [3.63, 3.8) is 0 Å². The zero-order valence-electron chi connectivity index (χ0n) is 18.2. The van der Waals surface area contributed by atoms with Gasteiger partial charge in [0.15, 0.2) is 0 Å². The molecule has 0 aromatic heterocycles. The van der Waals surface area contributed by atoms with Crippen LogP contribution in [0.4, 0.5) is 5.69 Å². The summed E-state index contributed by atoms with van der Waals surface area (Å²) >= 11 is 0. The number of nitrogen functional groups attached to an aromatic ring is 1. The van der Waals surface area contributed by atoms with Crippen molar-refractivity contribution < 1.29 is 19.4 Å². The largest absolute Gasteiger partial charge is 0.490 e. The molecule has 0 saturated carbocycles. The third-order valence-corrected chi connectivity index (χ3v) is 5.48. The quantitative estimate of drug-likeness (QED) is 0.663. The number of rotatable bonds is 4. The molecule has 0 unspecified atom stereocenters. The van der Waals surface area contributed by atoms with Crippen LogP contribution in [0.1, 0.15) is 50.4 Å². The molecule has 1 aliphatic heterocycles. The average Bonchev–Trinajstić information content (AvgIpc) is 2.70. The molecule has 1 heterocycles. The van der Waals surface area contributed by atoms with E-state index in [2.05, 4.69) is 12.2 Å². The standard InChI is InChI=1S/C22H37N3O4/c1-15-13-25(16(2)14-26)22(27)19-11-18(23)8-9-20(19)29-17(3)7-5-6-10-28-21(15)12-24-4/h8-9,11,15-17,21,24,26H,5-7,10,12-14,23H2,1-4H3/t15-,16-,17-,21-/m1/s1. The Kier molecular flexibility index (Phi) is 9.20. The maximum atomic E-state index is 13.5. The van der Waals surface area contributed by atoms with Crippen LogP contribution < -0.4 is 15.8 Å². The second-order valence-electron chi connectivity index (χ2n) is 8.11. The molecule has 164 valence electrons. The summed E-state index contributed by atoms with van der Waals surface area (Å²) in [6.07, 6.45) is 2.80. The third kappa shape index (κ3) is 6.59. The predicted molar refractivity (Wildman–Crippen MR) is 115 cm³/mol. The number of hydrogen-bond acceptors (Lipinski definition) is 6. The second-order valence-corrected chi connectivity index (χ2v) is 8.11. The Balaban J connectivity index is 2.41. The van der Waals surface area contributed by atoms with Gasteiger partial charge in [-0.1, -0.05) is 6.92 Å². The zero-order valence-corrected chi connectivity index (χ0v) is 18.2.